The molecule has 0 aliphatic rings. The van der Waals surface area contributed by atoms with Gasteiger partial charge in [0.2, 0.25) is 0 Å². The van der Waals surface area contributed by atoms with Crippen LogP contribution in [-0.4, -0.2) is 17.1 Å². The van der Waals surface area contributed by atoms with Crippen LogP contribution in [0.3, 0.4) is 0 Å². The molecule has 1 rings (SSSR count). The van der Waals surface area contributed by atoms with Crippen molar-refractivity contribution in [1.82, 2.24) is 5.32 Å². The standard InChI is InChI=1S/C9H12ClNO2S/c1-5(11-6(2)9(12)13)7-3-4-8(10)14-7/h3-6,11H,1-2H3,(H,12,13). The average Bonchev–Trinajstić information content (AvgIpc) is 2.51. The number of rotatable bonds is 4. The molecule has 0 bridgehead atoms. The molecule has 5 heteroatoms. The van der Waals surface area contributed by atoms with Crippen molar-refractivity contribution in [2.75, 3.05) is 0 Å². The third kappa shape index (κ3) is 2.97. The molecule has 0 aromatic carbocycles. The molecular formula is C9H12ClNO2S. The molecule has 3 nitrogen and oxygen atoms in total. The minimum atomic E-state index is -0.848. The summed E-state index contributed by atoms with van der Waals surface area (Å²) < 4.78 is 0.719. The van der Waals surface area contributed by atoms with Crippen LogP contribution < -0.4 is 5.32 Å². The van der Waals surface area contributed by atoms with Gasteiger partial charge in [-0.1, -0.05) is 11.6 Å². The Morgan fingerprint density at radius 2 is 2.21 bits per heavy atom. The van der Waals surface area contributed by atoms with Crippen LogP contribution >= 0.6 is 22.9 Å². The summed E-state index contributed by atoms with van der Waals surface area (Å²) in [5, 5.41) is 11.7. The van der Waals surface area contributed by atoms with Gasteiger partial charge in [-0.05, 0) is 26.0 Å². The minimum Gasteiger partial charge on any atom is -0.480 e. The van der Waals surface area contributed by atoms with Crippen molar-refractivity contribution in [2.24, 2.45) is 0 Å². The number of hydrogen-bond donors (Lipinski definition) is 2. The number of carbonyl (C=O) groups is 1. The Morgan fingerprint density at radius 3 is 2.64 bits per heavy atom. The second kappa shape index (κ2) is 4.77. The molecule has 0 saturated heterocycles. The first-order valence-corrected chi connectivity index (χ1v) is 5.44. The lowest BCUT2D eigenvalue weighted by Crippen LogP contribution is -2.35. The Labute approximate surface area is 91.7 Å². The molecule has 0 aliphatic carbocycles. The van der Waals surface area contributed by atoms with Gasteiger partial charge in [0.1, 0.15) is 6.04 Å². The van der Waals surface area contributed by atoms with Gasteiger partial charge in [-0.25, -0.2) is 0 Å². The zero-order valence-electron chi connectivity index (χ0n) is 7.95. The third-order valence-electron chi connectivity index (χ3n) is 1.89. The Bertz CT molecular complexity index is 326. The van der Waals surface area contributed by atoms with Gasteiger partial charge in [0.05, 0.1) is 4.34 Å². The van der Waals surface area contributed by atoms with E-state index in [2.05, 4.69) is 5.32 Å². The van der Waals surface area contributed by atoms with E-state index in [1.807, 2.05) is 19.1 Å². The van der Waals surface area contributed by atoms with Gasteiger partial charge in [0.25, 0.3) is 0 Å². The molecule has 0 aliphatic heterocycles. The van der Waals surface area contributed by atoms with Crippen molar-refractivity contribution in [1.29, 1.82) is 0 Å². The highest BCUT2D eigenvalue weighted by atomic mass is 35.5. The SMILES string of the molecule is CC(NC(C)c1ccc(Cl)s1)C(=O)O. The van der Waals surface area contributed by atoms with E-state index in [0.29, 0.717) is 0 Å². The maximum atomic E-state index is 10.6. The first-order chi connectivity index (χ1) is 6.50. The summed E-state index contributed by atoms with van der Waals surface area (Å²) in [6.45, 7) is 3.54. The normalized spacial score (nSPS) is 15.1. The largest absolute Gasteiger partial charge is 0.480 e. The van der Waals surface area contributed by atoms with Gasteiger partial charge in [-0.2, -0.15) is 0 Å². The zero-order valence-corrected chi connectivity index (χ0v) is 9.52. The molecule has 78 valence electrons. The molecular weight excluding hydrogens is 222 g/mol. The van der Waals surface area contributed by atoms with E-state index in [9.17, 15) is 4.79 Å². The maximum Gasteiger partial charge on any atom is 0.320 e. The first-order valence-electron chi connectivity index (χ1n) is 4.25. The molecule has 14 heavy (non-hydrogen) atoms. The summed E-state index contributed by atoms with van der Waals surface area (Å²) in [6.07, 6.45) is 0. The second-order valence-corrected chi connectivity index (χ2v) is 4.84. The number of hydrogen-bond acceptors (Lipinski definition) is 3. The van der Waals surface area contributed by atoms with Crippen molar-refractivity contribution < 1.29 is 9.90 Å². The highest BCUT2D eigenvalue weighted by Crippen LogP contribution is 2.26. The molecule has 1 aromatic heterocycles. The average molecular weight is 234 g/mol. The van der Waals surface area contributed by atoms with Gasteiger partial charge in [0.15, 0.2) is 0 Å². The monoisotopic (exact) mass is 233 g/mol. The van der Waals surface area contributed by atoms with Gasteiger partial charge in [-0.3, -0.25) is 10.1 Å². The van der Waals surface area contributed by atoms with Crippen molar-refractivity contribution in [3.05, 3.63) is 21.3 Å². The second-order valence-electron chi connectivity index (χ2n) is 3.09. The van der Waals surface area contributed by atoms with E-state index in [1.165, 1.54) is 11.3 Å². The minimum absolute atomic E-state index is 0.0126. The molecule has 2 unspecified atom stereocenters. The lowest BCUT2D eigenvalue weighted by Gasteiger charge is -2.15. The fourth-order valence-electron chi connectivity index (χ4n) is 1.09. The molecule has 0 fully saturated rings. The highest BCUT2D eigenvalue weighted by Gasteiger charge is 2.15. The smallest absolute Gasteiger partial charge is 0.320 e. The number of aliphatic carboxylic acids is 1. The van der Waals surface area contributed by atoms with Crippen molar-refractivity contribution in [3.8, 4) is 0 Å². The Morgan fingerprint density at radius 1 is 1.57 bits per heavy atom. The molecule has 0 amide bonds. The summed E-state index contributed by atoms with van der Waals surface area (Å²) in [5.74, 6) is -0.848. The van der Waals surface area contributed by atoms with Crippen LogP contribution in [-0.2, 0) is 4.79 Å². The lowest BCUT2D eigenvalue weighted by molar-refractivity contribution is -0.139. The van der Waals surface area contributed by atoms with Gasteiger partial charge in [-0.15, -0.1) is 11.3 Å². The molecule has 0 saturated carbocycles. The van der Waals surface area contributed by atoms with Crippen molar-refractivity contribution >= 4 is 28.9 Å². The van der Waals surface area contributed by atoms with E-state index in [1.54, 1.807) is 6.92 Å². The van der Waals surface area contributed by atoms with Crippen LogP contribution in [0.1, 0.15) is 24.8 Å². The molecule has 1 aromatic rings. The number of carboxylic acid groups (broad SMARTS) is 1. The summed E-state index contributed by atoms with van der Waals surface area (Å²) >= 11 is 7.24. The fraction of sp³-hybridized carbons (Fsp3) is 0.444. The number of nitrogens with one attached hydrogen (secondary N) is 1. The first kappa shape index (κ1) is 11.5. The van der Waals surface area contributed by atoms with Crippen molar-refractivity contribution in [3.63, 3.8) is 0 Å². The highest BCUT2D eigenvalue weighted by molar-refractivity contribution is 7.16. The van der Waals surface area contributed by atoms with E-state index < -0.39 is 12.0 Å². The Kier molecular flexibility index (Phi) is 3.92. The topological polar surface area (TPSA) is 49.3 Å². The lowest BCUT2D eigenvalue weighted by atomic mass is 10.2. The third-order valence-corrected chi connectivity index (χ3v) is 3.31. The number of carboxylic acids is 1. The van der Waals surface area contributed by atoms with Crippen LogP contribution in [0.5, 0.6) is 0 Å². The Hall–Kier alpha value is -0.580. The predicted molar refractivity (Wildman–Crippen MR) is 58.0 cm³/mol. The van der Waals surface area contributed by atoms with Gasteiger partial charge in [0, 0.05) is 10.9 Å². The summed E-state index contributed by atoms with van der Waals surface area (Å²) in [5.41, 5.74) is 0. The zero-order chi connectivity index (χ0) is 10.7. The number of thiophene rings is 1. The van der Waals surface area contributed by atoms with Crippen LogP contribution in [0.4, 0.5) is 0 Å². The van der Waals surface area contributed by atoms with Gasteiger partial charge < -0.3 is 5.11 Å². The molecule has 2 N–H and O–H groups in total. The van der Waals surface area contributed by atoms with E-state index >= 15 is 0 Å². The summed E-state index contributed by atoms with van der Waals surface area (Å²) in [4.78, 5) is 11.6. The van der Waals surface area contributed by atoms with Crippen LogP contribution in [0.25, 0.3) is 0 Å². The van der Waals surface area contributed by atoms with Crippen molar-refractivity contribution in [2.45, 2.75) is 25.9 Å². The van der Waals surface area contributed by atoms with Gasteiger partial charge >= 0.3 is 5.97 Å². The van der Waals surface area contributed by atoms with E-state index in [-0.39, 0.29) is 6.04 Å². The fourth-order valence-corrected chi connectivity index (χ4v) is 2.16. The summed E-state index contributed by atoms with van der Waals surface area (Å²) in [7, 11) is 0. The number of halogens is 1. The van der Waals surface area contributed by atoms with Crippen LogP contribution in [0, 0.1) is 0 Å². The molecule has 0 spiro atoms. The molecule has 1 heterocycles. The Balaban J connectivity index is 2.58. The molecule has 2 atom stereocenters. The maximum absolute atomic E-state index is 10.6. The quantitative estimate of drug-likeness (QED) is 0.840. The van der Waals surface area contributed by atoms with Crippen LogP contribution in [0.15, 0.2) is 12.1 Å². The molecule has 0 radical (unpaired) electrons. The summed E-state index contributed by atoms with van der Waals surface area (Å²) in [6, 6.07) is 3.18. The van der Waals surface area contributed by atoms with E-state index in [0.717, 1.165) is 9.21 Å². The van der Waals surface area contributed by atoms with Crippen LogP contribution in [0.2, 0.25) is 4.34 Å². The predicted octanol–water partition coefficient (Wildman–Crippen LogP) is 2.53. The van der Waals surface area contributed by atoms with E-state index in [4.69, 9.17) is 16.7 Å².